The van der Waals surface area contributed by atoms with Gasteiger partial charge in [-0.3, -0.25) is 0 Å². The summed E-state index contributed by atoms with van der Waals surface area (Å²) in [6.07, 6.45) is 0. The Balaban J connectivity index is 2.08. The molecule has 1 unspecified atom stereocenters. The van der Waals surface area contributed by atoms with Gasteiger partial charge in [-0.25, -0.2) is 0 Å². The van der Waals surface area contributed by atoms with Crippen LogP contribution in [-0.4, -0.2) is 6.61 Å². The van der Waals surface area contributed by atoms with E-state index in [1.54, 1.807) is 0 Å². The largest absolute Gasteiger partial charge is 0.491 e. The summed E-state index contributed by atoms with van der Waals surface area (Å²) in [5.41, 5.74) is 0.980. The quantitative estimate of drug-likeness (QED) is 0.781. The first kappa shape index (κ1) is 15.0. The molecule has 3 nitrogen and oxygen atoms in total. The molecule has 1 aromatic carbocycles. The number of nitrogens with one attached hydrogen (secondary N) is 1. The Bertz CT molecular complexity index is 551. The van der Waals surface area contributed by atoms with Gasteiger partial charge < -0.3 is 14.5 Å². The second kappa shape index (κ2) is 6.84. The Labute approximate surface area is 128 Å². The highest BCUT2D eigenvalue weighted by molar-refractivity contribution is 9.10. The lowest BCUT2D eigenvalue weighted by atomic mass is 10.2. The van der Waals surface area contributed by atoms with Crippen LogP contribution in [0.15, 0.2) is 45.5 Å². The number of halogens is 1. The van der Waals surface area contributed by atoms with Crippen LogP contribution in [0.4, 0.5) is 5.69 Å². The fraction of sp³-hybridized carbons (Fsp3) is 0.375. The smallest absolute Gasteiger partial charge is 0.169 e. The number of furan rings is 1. The molecule has 2 rings (SSSR count). The van der Waals surface area contributed by atoms with E-state index in [2.05, 4.69) is 42.0 Å². The predicted molar refractivity (Wildman–Crippen MR) is 85.2 cm³/mol. The molecule has 0 fully saturated rings. The summed E-state index contributed by atoms with van der Waals surface area (Å²) >= 11 is 3.32. The summed E-state index contributed by atoms with van der Waals surface area (Å²) < 4.78 is 12.1. The Morgan fingerprint density at radius 2 is 1.90 bits per heavy atom. The van der Waals surface area contributed by atoms with E-state index < -0.39 is 0 Å². The SMILES string of the molecule is CC(C)COc1ccccc1NC(C)c1ccc(Br)o1. The molecule has 0 saturated heterocycles. The summed E-state index contributed by atoms with van der Waals surface area (Å²) in [4.78, 5) is 0. The first-order chi connectivity index (χ1) is 9.56. The molecule has 0 bridgehead atoms. The van der Waals surface area contributed by atoms with E-state index in [9.17, 15) is 0 Å². The Hall–Kier alpha value is -1.42. The molecule has 1 atom stereocenters. The fourth-order valence-electron chi connectivity index (χ4n) is 1.83. The zero-order valence-electron chi connectivity index (χ0n) is 12.0. The van der Waals surface area contributed by atoms with Crippen molar-refractivity contribution < 1.29 is 9.15 Å². The summed E-state index contributed by atoms with van der Waals surface area (Å²) in [6.45, 7) is 7.04. The van der Waals surface area contributed by atoms with Crippen molar-refractivity contribution in [2.75, 3.05) is 11.9 Å². The maximum Gasteiger partial charge on any atom is 0.169 e. The Morgan fingerprint density at radius 3 is 2.55 bits per heavy atom. The van der Waals surface area contributed by atoms with Crippen LogP contribution < -0.4 is 10.1 Å². The van der Waals surface area contributed by atoms with Crippen molar-refractivity contribution in [3.63, 3.8) is 0 Å². The van der Waals surface area contributed by atoms with Crippen LogP contribution in [0.1, 0.15) is 32.6 Å². The standard InChI is InChI=1S/C16H20BrNO2/c1-11(2)10-19-15-7-5-4-6-13(15)18-12(3)14-8-9-16(17)20-14/h4-9,11-12,18H,10H2,1-3H3. The highest BCUT2D eigenvalue weighted by Gasteiger charge is 2.12. The van der Waals surface area contributed by atoms with Crippen LogP contribution in [0, 0.1) is 5.92 Å². The normalized spacial score (nSPS) is 12.4. The van der Waals surface area contributed by atoms with Crippen molar-refractivity contribution in [3.05, 3.63) is 46.8 Å². The third-order valence-corrected chi connectivity index (χ3v) is 3.28. The number of para-hydroxylation sites is 2. The van der Waals surface area contributed by atoms with Gasteiger partial charge in [0.15, 0.2) is 4.67 Å². The summed E-state index contributed by atoms with van der Waals surface area (Å²) in [7, 11) is 0. The third-order valence-electron chi connectivity index (χ3n) is 2.85. The van der Waals surface area contributed by atoms with Crippen LogP contribution in [0.5, 0.6) is 5.75 Å². The minimum Gasteiger partial charge on any atom is -0.491 e. The Kier molecular flexibility index (Phi) is 5.12. The fourth-order valence-corrected chi connectivity index (χ4v) is 2.15. The van der Waals surface area contributed by atoms with E-state index in [1.807, 2.05) is 36.4 Å². The number of anilines is 1. The second-order valence-electron chi connectivity index (χ2n) is 5.21. The van der Waals surface area contributed by atoms with Gasteiger partial charge in [0, 0.05) is 0 Å². The monoisotopic (exact) mass is 337 g/mol. The van der Waals surface area contributed by atoms with Crippen molar-refractivity contribution in [1.82, 2.24) is 0 Å². The topological polar surface area (TPSA) is 34.4 Å². The molecule has 1 aromatic heterocycles. The first-order valence-electron chi connectivity index (χ1n) is 6.80. The average molecular weight is 338 g/mol. The lowest BCUT2D eigenvalue weighted by molar-refractivity contribution is 0.272. The van der Waals surface area contributed by atoms with E-state index in [-0.39, 0.29) is 6.04 Å². The first-order valence-corrected chi connectivity index (χ1v) is 7.59. The summed E-state index contributed by atoms with van der Waals surface area (Å²) in [5.74, 6) is 2.26. The van der Waals surface area contributed by atoms with Gasteiger partial charge in [0.25, 0.3) is 0 Å². The molecular weight excluding hydrogens is 318 g/mol. The second-order valence-corrected chi connectivity index (χ2v) is 5.99. The number of rotatable bonds is 6. The van der Waals surface area contributed by atoms with Crippen LogP contribution in [-0.2, 0) is 0 Å². The van der Waals surface area contributed by atoms with Gasteiger partial charge in [0.1, 0.15) is 11.5 Å². The molecular formula is C16H20BrNO2. The number of hydrogen-bond acceptors (Lipinski definition) is 3. The molecule has 2 aromatic rings. The zero-order chi connectivity index (χ0) is 14.5. The number of ether oxygens (including phenoxy) is 1. The molecule has 0 aliphatic rings. The maximum absolute atomic E-state index is 5.84. The highest BCUT2D eigenvalue weighted by atomic mass is 79.9. The van der Waals surface area contributed by atoms with Gasteiger partial charge in [-0.05, 0) is 53.0 Å². The number of benzene rings is 1. The van der Waals surface area contributed by atoms with Gasteiger partial charge in [-0.1, -0.05) is 26.0 Å². The molecule has 0 aliphatic heterocycles. The lowest BCUT2D eigenvalue weighted by Crippen LogP contribution is -2.09. The summed E-state index contributed by atoms with van der Waals surface area (Å²) in [5, 5.41) is 3.42. The van der Waals surface area contributed by atoms with Gasteiger partial charge >= 0.3 is 0 Å². The summed E-state index contributed by atoms with van der Waals surface area (Å²) in [6, 6.07) is 11.9. The van der Waals surface area contributed by atoms with Crippen LogP contribution in [0.25, 0.3) is 0 Å². The van der Waals surface area contributed by atoms with Gasteiger partial charge in [0.2, 0.25) is 0 Å². The van der Waals surface area contributed by atoms with E-state index in [1.165, 1.54) is 0 Å². The van der Waals surface area contributed by atoms with E-state index in [4.69, 9.17) is 9.15 Å². The minimum absolute atomic E-state index is 0.0742. The lowest BCUT2D eigenvalue weighted by Gasteiger charge is -2.17. The molecule has 1 heterocycles. The van der Waals surface area contributed by atoms with Crippen molar-refractivity contribution in [1.29, 1.82) is 0 Å². The highest BCUT2D eigenvalue weighted by Crippen LogP contribution is 2.29. The molecule has 0 radical (unpaired) electrons. The van der Waals surface area contributed by atoms with Gasteiger partial charge in [0.05, 0.1) is 18.3 Å². The van der Waals surface area contributed by atoms with E-state index in [0.717, 1.165) is 21.9 Å². The molecule has 0 aliphatic carbocycles. The van der Waals surface area contributed by atoms with Crippen LogP contribution in [0.3, 0.4) is 0 Å². The molecule has 108 valence electrons. The zero-order valence-corrected chi connectivity index (χ0v) is 13.6. The van der Waals surface area contributed by atoms with Crippen molar-refractivity contribution >= 4 is 21.6 Å². The van der Waals surface area contributed by atoms with E-state index in [0.29, 0.717) is 12.5 Å². The molecule has 0 spiro atoms. The minimum atomic E-state index is 0.0742. The molecule has 4 heteroatoms. The van der Waals surface area contributed by atoms with Crippen molar-refractivity contribution in [2.24, 2.45) is 5.92 Å². The third kappa shape index (κ3) is 4.04. The molecule has 0 saturated carbocycles. The average Bonchev–Trinajstić information content (AvgIpc) is 2.84. The van der Waals surface area contributed by atoms with Crippen LogP contribution >= 0.6 is 15.9 Å². The maximum atomic E-state index is 5.84. The van der Waals surface area contributed by atoms with Crippen LogP contribution in [0.2, 0.25) is 0 Å². The molecule has 1 N–H and O–H groups in total. The van der Waals surface area contributed by atoms with Gasteiger partial charge in [-0.15, -0.1) is 0 Å². The van der Waals surface area contributed by atoms with Crippen molar-refractivity contribution in [3.8, 4) is 5.75 Å². The number of hydrogen-bond donors (Lipinski definition) is 1. The molecule has 0 amide bonds. The van der Waals surface area contributed by atoms with E-state index >= 15 is 0 Å². The predicted octanol–water partition coefficient (Wildman–Crippen LogP) is 5.25. The van der Waals surface area contributed by atoms with Gasteiger partial charge in [-0.2, -0.15) is 0 Å². The molecule has 20 heavy (non-hydrogen) atoms. The van der Waals surface area contributed by atoms with Crippen molar-refractivity contribution in [2.45, 2.75) is 26.8 Å². The Morgan fingerprint density at radius 1 is 1.15 bits per heavy atom.